The molecular weight excluding hydrogens is 188 g/mol. The standard InChI is InChI=1S/C8H6N2S2/c11-12-8-5-9-10-7-4-2-1-3-6(7)8/h1-5,11H. The van der Waals surface area contributed by atoms with Crippen LogP contribution in [0, 0.1) is 0 Å². The molecule has 1 heterocycles. The van der Waals surface area contributed by atoms with Crippen molar-refractivity contribution in [1.29, 1.82) is 0 Å². The van der Waals surface area contributed by atoms with Gasteiger partial charge in [-0.3, -0.25) is 0 Å². The SMILES string of the molecule is SSc1cnnc2ccccc12. The van der Waals surface area contributed by atoms with Crippen molar-refractivity contribution in [2.24, 2.45) is 0 Å². The summed E-state index contributed by atoms with van der Waals surface area (Å²) >= 11 is 4.13. The van der Waals surface area contributed by atoms with Gasteiger partial charge >= 0.3 is 0 Å². The molecule has 0 bridgehead atoms. The Morgan fingerprint density at radius 2 is 2.08 bits per heavy atom. The second-order valence-corrected chi connectivity index (χ2v) is 3.49. The summed E-state index contributed by atoms with van der Waals surface area (Å²) in [6.07, 6.45) is 1.72. The third-order valence-electron chi connectivity index (χ3n) is 1.61. The molecule has 0 amide bonds. The minimum absolute atomic E-state index is 0.913. The van der Waals surface area contributed by atoms with Crippen LogP contribution >= 0.6 is 22.5 Å². The first-order valence-electron chi connectivity index (χ1n) is 3.43. The van der Waals surface area contributed by atoms with E-state index in [1.54, 1.807) is 6.20 Å². The van der Waals surface area contributed by atoms with E-state index in [0.717, 1.165) is 15.8 Å². The summed E-state index contributed by atoms with van der Waals surface area (Å²) in [5.74, 6) is 0. The van der Waals surface area contributed by atoms with Crippen molar-refractivity contribution in [1.82, 2.24) is 10.2 Å². The van der Waals surface area contributed by atoms with Crippen molar-refractivity contribution < 1.29 is 0 Å². The molecule has 0 spiro atoms. The molecule has 2 nitrogen and oxygen atoms in total. The molecule has 4 heteroatoms. The first-order chi connectivity index (χ1) is 5.92. The number of nitrogens with zero attached hydrogens (tertiary/aromatic N) is 2. The predicted octanol–water partition coefficient (Wildman–Crippen LogP) is 2.57. The van der Waals surface area contributed by atoms with Crippen LogP contribution < -0.4 is 0 Å². The lowest BCUT2D eigenvalue weighted by atomic mass is 10.2. The van der Waals surface area contributed by atoms with Crippen molar-refractivity contribution in [2.45, 2.75) is 4.90 Å². The van der Waals surface area contributed by atoms with E-state index in [1.807, 2.05) is 24.3 Å². The molecule has 0 saturated carbocycles. The molecule has 0 aliphatic rings. The topological polar surface area (TPSA) is 25.8 Å². The van der Waals surface area contributed by atoms with Gasteiger partial charge in [-0.2, -0.15) is 10.2 Å². The van der Waals surface area contributed by atoms with E-state index in [2.05, 4.69) is 21.9 Å². The lowest BCUT2D eigenvalue weighted by molar-refractivity contribution is 1.05. The molecule has 1 aromatic carbocycles. The van der Waals surface area contributed by atoms with Crippen LogP contribution in [0.2, 0.25) is 0 Å². The molecule has 0 unspecified atom stereocenters. The van der Waals surface area contributed by atoms with Gasteiger partial charge in [0, 0.05) is 10.3 Å². The molecule has 0 aliphatic heterocycles. The van der Waals surface area contributed by atoms with Crippen LogP contribution in [0.25, 0.3) is 10.9 Å². The van der Waals surface area contributed by atoms with Crippen LogP contribution in [0.5, 0.6) is 0 Å². The van der Waals surface area contributed by atoms with Crippen LogP contribution in [-0.2, 0) is 0 Å². The van der Waals surface area contributed by atoms with E-state index >= 15 is 0 Å². The Morgan fingerprint density at radius 1 is 1.25 bits per heavy atom. The lowest BCUT2D eigenvalue weighted by Crippen LogP contribution is -1.83. The number of fused-ring (bicyclic) bond motifs is 1. The third-order valence-corrected chi connectivity index (χ3v) is 2.72. The van der Waals surface area contributed by atoms with Crippen molar-refractivity contribution in [3.8, 4) is 0 Å². The number of thiol groups is 1. The Morgan fingerprint density at radius 3 is 2.92 bits per heavy atom. The van der Waals surface area contributed by atoms with Crippen LogP contribution in [0.1, 0.15) is 0 Å². The average Bonchev–Trinajstić information content (AvgIpc) is 2.17. The van der Waals surface area contributed by atoms with Gasteiger partial charge in [0.05, 0.1) is 11.7 Å². The molecule has 0 N–H and O–H groups in total. The van der Waals surface area contributed by atoms with E-state index in [1.165, 1.54) is 10.8 Å². The van der Waals surface area contributed by atoms with Crippen LogP contribution in [0.15, 0.2) is 35.4 Å². The summed E-state index contributed by atoms with van der Waals surface area (Å²) < 4.78 is 0. The van der Waals surface area contributed by atoms with Gasteiger partial charge in [-0.25, -0.2) is 0 Å². The van der Waals surface area contributed by atoms with Gasteiger partial charge < -0.3 is 0 Å². The minimum Gasteiger partial charge on any atom is -0.157 e. The third kappa shape index (κ3) is 1.28. The Labute approximate surface area is 79.2 Å². The van der Waals surface area contributed by atoms with E-state index in [0.29, 0.717) is 0 Å². The summed E-state index contributed by atoms with van der Waals surface area (Å²) in [6, 6.07) is 7.89. The Kier molecular flexibility index (Phi) is 2.19. The molecule has 60 valence electrons. The van der Waals surface area contributed by atoms with Crippen molar-refractivity contribution in [2.75, 3.05) is 0 Å². The highest BCUT2D eigenvalue weighted by molar-refractivity contribution is 8.68. The largest absolute Gasteiger partial charge is 0.157 e. The summed E-state index contributed by atoms with van der Waals surface area (Å²) in [6.45, 7) is 0. The second-order valence-electron chi connectivity index (χ2n) is 2.32. The first kappa shape index (κ1) is 7.89. The van der Waals surface area contributed by atoms with E-state index in [4.69, 9.17) is 0 Å². The summed E-state index contributed by atoms with van der Waals surface area (Å²) in [5.41, 5.74) is 0.913. The molecular formula is C8H6N2S2. The van der Waals surface area contributed by atoms with Gasteiger partial charge in [-0.15, -0.1) is 11.7 Å². The molecule has 2 aromatic rings. The van der Waals surface area contributed by atoms with Crippen molar-refractivity contribution >= 4 is 33.4 Å². The number of hydrogen-bond acceptors (Lipinski definition) is 4. The fourth-order valence-electron chi connectivity index (χ4n) is 1.05. The van der Waals surface area contributed by atoms with Crippen molar-refractivity contribution in [3.05, 3.63) is 30.5 Å². The highest BCUT2D eigenvalue weighted by atomic mass is 33.1. The van der Waals surface area contributed by atoms with Gasteiger partial charge in [-0.1, -0.05) is 29.0 Å². The maximum Gasteiger partial charge on any atom is 0.0941 e. The molecule has 0 fully saturated rings. The zero-order chi connectivity index (χ0) is 8.39. The molecule has 0 atom stereocenters. The maximum atomic E-state index is 4.13. The molecule has 12 heavy (non-hydrogen) atoms. The van der Waals surface area contributed by atoms with Crippen molar-refractivity contribution in [3.63, 3.8) is 0 Å². The smallest absolute Gasteiger partial charge is 0.0941 e. The minimum atomic E-state index is 0.913. The normalized spacial score (nSPS) is 10.4. The number of aromatic nitrogens is 2. The van der Waals surface area contributed by atoms with Gasteiger partial charge in [0.15, 0.2) is 0 Å². The molecule has 0 aliphatic carbocycles. The first-order valence-corrected chi connectivity index (χ1v) is 5.30. The quantitative estimate of drug-likeness (QED) is 0.558. The number of benzene rings is 1. The zero-order valence-corrected chi connectivity index (χ0v) is 7.85. The Bertz CT molecular complexity index is 398. The van der Waals surface area contributed by atoms with Crippen LogP contribution in [0.3, 0.4) is 0 Å². The fraction of sp³-hybridized carbons (Fsp3) is 0. The monoisotopic (exact) mass is 194 g/mol. The summed E-state index contributed by atoms with van der Waals surface area (Å²) in [7, 11) is 1.39. The Hall–Kier alpha value is -0.740. The molecule has 0 radical (unpaired) electrons. The van der Waals surface area contributed by atoms with Gasteiger partial charge in [0.2, 0.25) is 0 Å². The predicted molar refractivity (Wildman–Crippen MR) is 54.4 cm³/mol. The number of hydrogen-bond donors (Lipinski definition) is 1. The van der Waals surface area contributed by atoms with Gasteiger partial charge in [0.1, 0.15) is 0 Å². The maximum absolute atomic E-state index is 4.13. The summed E-state index contributed by atoms with van der Waals surface area (Å²) in [5, 5.41) is 8.96. The highest BCUT2D eigenvalue weighted by Crippen LogP contribution is 2.27. The van der Waals surface area contributed by atoms with E-state index in [-0.39, 0.29) is 0 Å². The molecule has 2 rings (SSSR count). The lowest BCUT2D eigenvalue weighted by Gasteiger charge is -1.98. The highest BCUT2D eigenvalue weighted by Gasteiger charge is 1.99. The zero-order valence-electron chi connectivity index (χ0n) is 6.14. The Balaban J connectivity index is 2.79. The average molecular weight is 194 g/mol. The fourth-order valence-corrected chi connectivity index (χ4v) is 1.86. The second kappa shape index (κ2) is 3.33. The van der Waals surface area contributed by atoms with Gasteiger partial charge in [0.25, 0.3) is 0 Å². The molecule has 1 aromatic heterocycles. The van der Waals surface area contributed by atoms with Crippen LogP contribution in [-0.4, -0.2) is 10.2 Å². The molecule has 0 saturated heterocycles. The van der Waals surface area contributed by atoms with E-state index < -0.39 is 0 Å². The number of rotatable bonds is 1. The summed E-state index contributed by atoms with van der Waals surface area (Å²) in [4.78, 5) is 1.05. The van der Waals surface area contributed by atoms with E-state index in [9.17, 15) is 0 Å². The van der Waals surface area contributed by atoms with Gasteiger partial charge in [-0.05, 0) is 6.07 Å². The van der Waals surface area contributed by atoms with Crippen LogP contribution in [0.4, 0.5) is 0 Å².